The number of phenols is 1. The minimum absolute atomic E-state index is 0.125. The Hall–Kier alpha value is -4.88. The predicted octanol–water partition coefficient (Wildman–Crippen LogP) is 9.25. The van der Waals surface area contributed by atoms with Crippen LogP contribution in [-0.2, 0) is 39.3 Å². The van der Waals surface area contributed by atoms with E-state index in [0.29, 0.717) is 59.6 Å². The number of hydrogen-bond donors (Lipinski definition) is 1. The van der Waals surface area contributed by atoms with E-state index in [4.69, 9.17) is 23.0 Å². The fourth-order valence-corrected chi connectivity index (χ4v) is 7.59. The van der Waals surface area contributed by atoms with E-state index in [9.17, 15) is 14.5 Å². The zero-order valence-corrected chi connectivity index (χ0v) is 29.4. The van der Waals surface area contributed by atoms with Gasteiger partial charge in [-0.15, -0.1) is 0 Å². The van der Waals surface area contributed by atoms with E-state index >= 15 is 0 Å². The van der Waals surface area contributed by atoms with Crippen molar-refractivity contribution in [3.63, 3.8) is 0 Å². The van der Waals surface area contributed by atoms with Crippen LogP contribution >= 0.6 is 7.82 Å². The minimum Gasteiger partial charge on any atom is -0.507 e. The molecule has 50 heavy (non-hydrogen) atoms. The number of carbonyl (C=O) groups is 1. The average molecular weight is 693 g/mol. The Labute approximate surface area is 293 Å². The van der Waals surface area contributed by atoms with Crippen molar-refractivity contribution < 1.29 is 37.5 Å². The highest BCUT2D eigenvalue weighted by molar-refractivity contribution is 7.48. The standard InChI is InChI=1S/C41H41O8P/c1-4-45-38-31-18-11-19-32(38)26-35-22-13-23-36(40(35)49-50(44,46-5-2)47-6-3)27-34-21-12-20-33(25-30-17-10-16-29(24-31)37(30)42)39(34)48-41(43)28-14-8-7-9-15-28/h7-23,42H,4-6,24-27H2,1-3H3. The number of phosphoric acid groups is 1. The Morgan fingerprint density at radius 1 is 0.560 bits per heavy atom. The number of hydrogen-bond acceptors (Lipinski definition) is 8. The summed E-state index contributed by atoms with van der Waals surface area (Å²) in [5.41, 5.74) is 6.52. The van der Waals surface area contributed by atoms with Crippen LogP contribution in [0.15, 0.2) is 103 Å². The third-order valence-electron chi connectivity index (χ3n) is 8.53. The third kappa shape index (κ3) is 7.79. The lowest BCUT2D eigenvalue weighted by Crippen LogP contribution is -2.12. The van der Waals surface area contributed by atoms with Gasteiger partial charge in [0.15, 0.2) is 0 Å². The molecular formula is C41H41O8P. The molecule has 0 aliphatic heterocycles. The van der Waals surface area contributed by atoms with E-state index in [1.807, 2.05) is 85.8 Å². The van der Waals surface area contributed by atoms with Gasteiger partial charge in [0, 0.05) is 25.7 Å². The molecule has 1 aliphatic rings. The lowest BCUT2D eigenvalue weighted by molar-refractivity contribution is 0.0731. The van der Waals surface area contributed by atoms with Crippen molar-refractivity contribution >= 4 is 13.8 Å². The Bertz CT molecular complexity index is 2010. The van der Waals surface area contributed by atoms with Gasteiger partial charge in [-0.3, -0.25) is 9.05 Å². The quantitative estimate of drug-likeness (QED) is 0.0862. The highest BCUT2D eigenvalue weighted by Gasteiger charge is 2.31. The second-order valence-electron chi connectivity index (χ2n) is 11.9. The number of phosphoric ester groups is 1. The van der Waals surface area contributed by atoms with E-state index < -0.39 is 13.8 Å². The van der Waals surface area contributed by atoms with Crippen LogP contribution in [0, 0.1) is 0 Å². The predicted molar refractivity (Wildman–Crippen MR) is 193 cm³/mol. The van der Waals surface area contributed by atoms with Gasteiger partial charge >= 0.3 is 13.8 Å². The van der Waals surface area contributed by atoms with Gasteiger partial charge in [0.1, 0.15) is 23.0 Å². The van der Waals surface area contributed by atoms with Gasteiger partial charge < -0.3 is 19.1 Å². The van der Waals surface area contributed by atoms with Crippen LogP contribution in [0.1, 0.15) is 75.6 Å². The summed E-state index contributed by atoms with van der Waals surface area (Å²) < 4.78 is 43.9. The first kappa shape index (κ1) is 35.0. The lowest BCUT2D eigenvalue weighted by atomic mass is 9.91. The van der Waals surface area contributed by atoms with Crippen molar-refractivity contribution in [3.05, 3.63) is 153 Å². The summed E-state index contributed by atoms with van der Waals surface area (Å²) >= 11 is 0. The average Bonchev–Trinajstić information content (AvgIpc) is 3.10. The maximum absolute atomic E-state index is 13.9. The van der Waals surface area contributed by atoms with Gasteiger partial charge in [-0.1, -0.05) is 91.0 Å². The van der Waals surface area contributed by atoms with Crippen molar-refractivity contribution in [2.75, 3.05) is 19.8 Å². The highest BCUT2D eigenvalue weighted by atomic mass is 31.2. The molecule has 0 aromatic heterocycles. The first-order valence-corrected chi connectivity index (χ1v) is 18.4. The van der Waals surface area contributed by atoms with Crippen molar-refractivity contribution in [2.45, 2.75) is 46.5 Å². The molecule has 0 radical (unpaired) electrons. The zero-order chi connectivity index (χ0) is 35.1. The molecule has 0 amide bonds. The van der Waals surface area contributed by atoms with E-state index in [1.165, 1.54) is 0 Å². The Morgan fingerprint density at radius 3 is 1.44 bits per heavy atom. The maximum Gasteiger partial charge on any atom is 0.530 e. The molecule has 0 atom stereocenters. The van der Waals surface area contributed by atoms with Crippen molar-refractivity contribution in [1.82, 2.24) is 0 Å². The van der Waals surface area contributed by atoms with Crippen molar-refractivity contribution in [1.29, 1.82) is 0 Å². The molecule has 0 fully saturated rings. The number of phenolic OH excluding ortho intramolecular Hbond substituents is 1. The van der Waals surface area contributed by atoms with Gasteiger partial charge in [0.2, 0.25) is 0 Å². The highest BCUT2D eigenvalue weighted by Crippen LogP contribution is 2.52. The first-order valence-electron chi connectivity index (χ1n) is 16.9. The topological polar surface area (TPSA) is 101 Å². The van der Waals surface area contributed by atoms with Crippen molar-refractivity contribution in [2.24, 2.45) is 0 Å². The number of carbonyl (C=O) groups excluding carboxylic acids is 1. The van der Waals surface area contributed by atoms with Crippen LogP contribution in [-0.4, -0.2) is 30.9 Å². The molecule has 0 heterocycles. The van der Waals surface area contributed by atoms with E-state index in [2.05, 4.69) is 0 Å². The molecule has 0 unspecified atom stereocenters. The summed E-state index contributed by atoms with van der Waals surface area (Å²) in [7, 11) is -4.02. The molecule has 8 nitrogen and oxygen atoms in total. The van der Waals surface area contributed by atoms with Crippen LogP contribution in [0.5, 0.6) is 23.0 Å². The molecule has 0 saturated carbocycles. The Kier molecular flexibility index (Phi) is 11.0. The number of esters is 1. The summed E-state index contributed by atoms with van der Waals surface area (Å²) in [6.07, 6.45) is 1.37. The van der Waals surface area contributed by atoms with E-state index in [-0.39, 0.29) is 25.4 Å². The fraction of sp³-hybridized carbons (Fsp3) is 0.244. The number of ether oxygens (including phenoxy) is 2. The van der Waals surface area contributed by atoms with Gasteiger partial charge in [-0.2, -0.15) is 0 Å². The Balaban J connectivity index is 1.57. The lowest BCUT2D eigenvalue weighted by Gasteiger charge is -2.23. The van der Waals surface area contributed by atoms with Crippen LogP contribution < -0.4 is 14.0 Å². The van der Waals surface area contributed by atoms with Crippen LogP contribution in [0.25, 0.3) is 0 Å². The molecule has 6 rings (SSSR count). The first-order chi connectivity index (χ1) is 24.3. The zero-order valence-electron chi connectivity index (χ0n) is 28.5. The van der Waals surface area contributed by atoms with E-state index in [1.54, 1.807) is 38.1 Å². The SMILES string of the molecule is CCOc1c2cccc1Cc1cccc(c1OP(=O)(OCC)OCC)Cc1cccc(c1OC(=O)c1ccccc1)Cc1cccc(c1O)C2. The van der Waals surface area contributed by atoms with Crippen molar-refractivity contribution in [3.8, 4) is 23.0 Å². The van der Waals surface area contributed by atoms with Crippen LogP contribution in [0.2, 0.25) is 0 Å². The summed E-state index contributed by atoms with van der Waals surface area (Å²) in [6.45, 7) is 6.11. The maximum atomic E-state index is 13.9. The second kappa shape index (κ2) is 15.8. The fourth-order valence-electron chi connectivity index (χ4n) is 6.32. The third-order valence-corrected chi connectivity index (χ3v) is 10.1. The van der Waals surface area contributed by atoms with Gasteiger partial charge in [0.05, 0.1) is 25.4 Å². The number of benzene rings is 5. The molecular weight excluding hydrogens is 651 g/mol. The second-order valence-corrected chi connectivity index (χ2v) is 13.5. The van der Waals surface area contributed by atoms with E-state index in [0.717, 1.165) is 33.6 Å². The summed E-state index contributed by atoms with van der Waals surface area (Å²) in [6, 6.07) is 32.0. The molecule has 1 aliphatic carbocycles. The molecule has 0 spiro atoms. The molecule has 1 N–H and O–H groups in total. The van der Waals surface area contributed by atoms with Gasteiger partial charge in [0.25, 0.3) is 0 Å². The van der Waals surface area contributed by atoms with Gasteiger partial charge in [-0.25, -0.2) is 9.36 Å². The number of para-hydroxylation sites is 4. The van der Waals surface area contributed by atoms with Gasteiger partial charge in [-0.05, 0) is 77.4 Å². The number of aromatic hydroxyl groups is 1. The Morgan fingerprint density at radius 2 is 0.980 bits per heavy atom. The summed E-state index contributed by atoms with van der Waals surface area (Å²) in [4.78, 5) is 13.5. The molecule has 5 aromatic rings. The minimum atomic E-state index is -4.02. The monoisotopic (exact) mass is 692 g/mol. The summed E-state index contributed by atoms with van der Waals surface area (Å²) in [5.74, 6) is 1.15. The molecule has 258 valence electrons. The molecule has 8 bridgehead atoms. The molecule has 0 saturated heterocycles. The molecule has 5 aromatic carbocycles. The van der Waals surface area contributed by atoms with Crippen LogP contribution in [0.4, 0.5) is 0 Å². The molecule has 9 heteroatoms. The number of fused-ring (bicyclic) bond motifs is 8. The smallest absolute Gasteiger partial charge is 0.507 e. The van der Waals surface area contributed by atoms with Crippen LogP contribution in [0.3, 0.4) is 0 Å². The normalized spacial score (nSPS) is 12.6. The number of rotatable bonds is 10. The largest absolute Gasteiger partial charge is 0.530 e. The summed E-state index contributed by atoms with van der Waals surface area (Å²) in [5, 5.41) is 11.6.